The molecular formula is C16H19BrN2OS. The zero-order chi connectivity index (χ0) is 15.4. The van der Waals surface area contributed by atoms with Gasteiger partial charge in [-0.05, 0) is 67.0 Å². The summed E-state index contributed by atoms with van der Waals surface area (Å²) in [6, 6.07) is 9.84. The van der Waals surface area contributed by atoms with Gasteiger partial charge < -0.3 is 10.6 Å². The number of hydrogen-bond acceptors (Lipinski definition) is 3. The highest BCUT2D eigenvalue weighted by atomic mass is 79.9. The Hall–Kier alpha value is -1.33. The van der Waals surface area contributed by atoms with Crippen molar-refractivity contribution in [2.24, 2.45) is 0 Å². The van der Waals surface area contributed by atoms with Crippen molar-refractivity contribution in [2.75, 3.05) is 5.32 Å². The van der Waals surface area contributed by atoms with Crippen LogP contribution in [0, 0.1) is 6.92 Å². The van der Waals surface area contributed by atoms with E-state index < -0.39 is 0 Å². The minimum Gasteiger partial charge on any atom is -0.380 e. The maximum atomic E-state index is 11.9. The number of thiophene rings is 1. The molecule has 5 heteroatoms. The van der Waals surface area contributed by atoms with Gasteiger partial charge in [-0.1, -0.05) is 0 Å². The first-order valence-electron chi connectivity index (χ1n) is 6.85. The normalized spacial score (nSPS) is 10.7. The number of halogens is 1. The molecule has 0 bridgehead atoms. The summed E-state index contributed by atoms with van der Waals surface area (Å²) < 4.78 is 1.16. The first kappa shape index (κ1) is 16.0. The van der Waals surface area contributed by atoms with Crippen molar-refractivity contribution < 1.29 is 4.79 Å². The molecule has 1 amide bonds. The monoisotopic (exact) mass is 366 g/mol. The van der Waals surface area contributed by atoms with Gasteiger partial charge in [0, 0.05) is 38.1 Å². The van der Waals surface area contributed by atoms with Crippen LogP contribution in [0.25, 0.3) is 0 Å². The quantitative estimate of drug-likeness (QED) is 0.813. The average Bonchev–Trinajstić information content (AvgIpc) is 2.75. The van der Waals surface area contributed by atoms with Gasteiger partial charge in [0.2, 0.25) is 0 Å². The van der Waals surface area contributed by atoms with Crippen LogP contribution in [0.15, 0.2) is 34.8 Å². The van der Waals surface area contributed by atoms with Crippen LogP contribution in [-0.2, 0) is 6.54 Å². The second kappa shape index (κ2) is 7.09. The summed E-state index contributed by atoms with van der Waals surface area (Å²) in [6.45, 7) is 6.79. The van der Waals surface area contributed by atoms with E-state index in [1.165, 1.54) is 9.75 Å². The van der Waals surface area contributed by atoms with Gasteiger partial charge in [0.1, 0.15) is 0 Å². The Balaban J connectivity index is 1.94. The van der Waals surface area contributed by atoms with Crippen LogP contribution in [0.3, 0.4) is 0 Å². The fraction of sp³-hybridized carbons (Fsp3) is 0.312. The Labute approximate surface area is 137 Å². The Kier molecular flexibility index (Phi) is 5.42. The Morgan fingerprint density at radius 1 is 1.29 bits per heavy atom. The molecule has 3 nitrogen and oxygen atoms in total. The van der Waals surface area contributed by atoms with E-state index in [0.29, 0.717) is 5.56 Å². The Morgan fingerprint density at radius 2 is 1.95 bits per heavy atom. The lowest BCUT2D eigenvalue weighted by Gasteiger charge is -2.09. The molecule has 0 aliphatic heterocycles. The van der Waals surface area contributed by atoms with E-state index >= 15 is 0 Å². The van der Waals surface area contributed by atoms with Crippen molar-refractivity contribution in [3.8, 4) is 0 Å². The van der Waals surface area contributed by atoms with Crippen molar-refractivity contribution in [3.63, 3.8) is 0 Å². The molecule has 1 heterocycles. The average molecular weight is 367 g/mol. The van der Waals surface area contributed by atoms with Crippen LogP contribution in [0.5, 0.6) is 0 Å². The first-order valence-corrected chi connectivity index (χ1v) is 8.46. The molecule has 0 atom stereocenters. The lowest BCUT2D eigenvalue weighted by atomic mass is 10.2. The van der Waals surface area contributed by atoms with Crippen molar-refractivity contribution in [1.82, 2.24) is 5.32 Å². The van der Waals surface area contributed by atoms with Gasteiger partial charge >= 0.3 is 0 Å². The fourth-order valence-electron chi connectivity index (χ4n) is 1.88. The van der Waals surface area contributed by atoms with Gasteiger partial charge in [0.25, 0.3) is 5.91 Å². The minimum absolute atomic E-state index is 0.0330. The van der Waals surface area contributed by atoms with Gasteiger partial charge in [-0.3, -0.25) is 4.79 Å². The number of carbonyl (C=O) groups excluding carboxylic acids is 1. The molecule has 0 saturated heterocycles. The van der Waals surface area contributed by atoms with Crippen LogP contribution >= 0.6 is 27.3 Å². The van der Waals surface area contributed by atoms with Crippen molar-refractivity contribution >= 4 is 38.9 Å². The number of rotatable bonds is 5. The molecule has 0 radical (unpaired) electrons. The van der Waals surface area contributed by atoms with Gasteiger partial charge in [-0.15, -0.1) is 11.3 Å². The molecule has 0 aliphatic carbocycles. The molecule has 112 valence electrons. The summed E-state index contributed by atoms with van der Waals surface area (Å²) in [6.07, 6.45) is 0. The van der Waals surface area contributed by atoms with Crippen LogP contribution < -0.4 is 10.6 Å². The number of anilines is 1. The second-order valence-corrected chi connectivity index (χ2v) is 7.37. The van der Waals surface area contributed by atoms with Crippen LogP contribution in [0.4, 0.5) is 5.69 Å². The number of aryl methyl sites for hydroxylation is 1. The molecule has 0 aliphatic rings. The predicted molar refractivity (Wildman–Crippen MR) is 93.1 cm³/mol. The van der Waals surface area contributed by atoms with E-state index in [9.17, 15) is 4.79 Å². The van der Waals surface area contributed by atoms with Gasteiger partial charge in [0.15, 0.2) is 0 Å². The van der Waals surface area contributed by atoms with Crippen molar-refractivity contribution in [1.29, 1.82) is 0 Å². The van der Waals surface area contributed by atoms with Gasteiger partial charge in [0.05, 0.1) is 0 Å². The van der Waals surface area contributed by atoms with Crippen molar-refractivity contribution in [3.05, 3.63) is 50.1 Å². The van der Waals surface area contributed by atoms with Gasteiger partial charge in [-0.2, -0.15) is 0 Å². The summed E-state index contributed by atoms with van der Waals surface area (Å²) >= 11 is 5.30. The SMILES string of the molecule is Cc1sc(CNc2ccc(C(=O)NC(C)C)cc2)cc1Br. The lowest BCUT2D eigenvalue weighted by molar-refractivity contribution is 0.0943. The number of nitrogens with one attached hydrogen (secondary N) is 2. The number of amides is 1. The highest BCUT2D eigenvalue weighted by molar-refractivity contribution is 9.10. The third-order valence-electron chi connectivity index (χ3n) is 2.94. The smallest absolute Gasteiger partial charge is 0.251 e. The zero-order valence-corrected chi connectivity index (χ0v) is 14.8. The van der Waals surface area contributed by atoms with Crippen LogP contribution in [0.1, 0.15) is 34.0 Å². The van der Waals surface area contributed by atoms with Gasteiger partial charge in [-0.25, -0.2) is 0 Å². The van der Waals surface area contributed by atoms with Crippen molar-refractivity contribution in [2.45, 2.75) is 33.4 Å². The van der Waals surface area contributed by atoms with E-state index in [4.69, 9.17) is 0 Å². The third-order valence-corrected chi connectivity index (χ3v) is 5.08. The van der Waals surface area contributed by atoms with E-state index in [1.807, 2.05) is 38.1 Å². The molecular weight excluding hydrogens is 348 g/mol. The lowest BCUT2D eigenvalue weighted by Crippen LogP contribution is -2.29. The van der Waals surface area contributed by atoms with Crippen LogP contribution in [-0.4, -0.2) is 11.9 Å². The molecule has 0 saturated carbocycles. The summed E-state index contributed by atoms with van der Waals surface area (Å²) in [4.78, 5) is 14.4. The molecule has 1 aromatic carbocycles. The highest BCUT2D eigenvalue weighted by Gasteiger charge is 2.07. The molecule has 0 unspecified atom stereocenters. The van der Waals surface area contributed by atoms with E-state index in [0.717, 1.165) is 16.7 Å². The first-order chi connectivity index (χ1) is 9.95. The number of carbonyl (C=O) groups is 1. The molecule has 2 N–H and O–H groups in total. The Bertz CT molecular complexity index is 600. The molecule has 2 rings (SSSR count). The maximum Gasteiger partial charge on any atom is 0.251 e. The predicted octanol–water partition coefficient (Wildman–Crippen LogP) is 4.57. The van der Waals surface area contributed by atoms with Crippen LogP contribution in [0.2, 0.25) is 0 Å². The fourth-order valence-corrected chi connectivity index (χ4v) is 3.42. The summed E-state index contributed by atoms with van der Waals surface area (Å²) in [5.41, 5.74) is 1.70. The summed E-state index contributed by atoms with van der Waals surface area (Å²) in [7, 11) is 0. The highest BCUT2D eigenvalue weighted by Crippen LogP contribution is 2.26. The molecule has 2 aromatic rings. The summed E-state index contributed by atoms with van der Waals surface area (Å²) in [5.74, 6) is -0.0330. The number of hydrogen-bond donors (Lipinski definition) is 2. The topological polar surface area (TPSA) is 41.1 Å². The van der Waals surface area contributed by atoms with E-state index in [1.54, 1.807) is 11.3 Å². The van der Waals surface area contributed by atoms with E-state index in [2.05, 4.69) is 39.6 Å². The van der Waals surface area contributed by atoms with E-state index in [-0.39, 0.29) is 11.9 Å². The standard InChI is InChI=1S/C16H19BrN2OS/c1-10(2)19-16(20)12-4-6-13(7-5-12)18-9-14-8-15(17)11(3)21-14/h4-8,10,18H,9H2,1-3H3,(H,19,20). The minimum atomic E-state index is -0.0330. The third kappa shape index (κ3) is 4.58. The number of benzene rings is 1. The molecule has 1 aromatic heterocycles. The maximum absolute atomic E-state index is 11.9. The molecule has 21 heavy (non-hydrogen) atoms. The zero-order valence-electron chi connectivity index (χ0n) is 12.4. The summed E-state index contributed by atoms with van der Waals surface area (Å²) in [5, 5.41) is 6.25. The Morgan fingerprint density at radius 3 is 2.48 bits per heavy atom. The largest absolute Gasteiger partial charge is 0.380 e. The molecule has 0 spiro atoms. The second-order valence-electron chi connectivity index (χ2n) is 5.18. The molecule has 0 fully saturated rings.